The lowest BCUT2D eigenvalue weighted by Gasteiger charge is -2.36. The Morgan fingerprint density at radius 3 is 2.14 bits per heavy atom. The molecule has 2 amide bonds. The average molecular weight is 306 g/mol. The molecule has 2 heterocycles. The van der Waals surface area contributed by atoms with Gasteiger partial charge in [-0.3, -0.25) is 9.59 Å². The van der Waals surface area contributed by atoms with Crippen LogP contribution in [0, 0.1) is 17.2 Å². The van der Waals surface area contributed by atoms with Gasteiger partial charge < -0.3 is 14.7 Å². The molecule has 0 bridgehead atoms. The maximum Gasteiger partial charge on any atom is 0.236 e. The molecular weight excluding hydrogens is 280 g/mol. The Labute approximate surface area is 132 Å². The summed E-state index contributed by atoms with van der Waals surface area (Å²) in [5, 5.41) is 8.57. The van der Waals surface area contributed by atoms with Crippen LogP contribution in [0.2, 0.25) is 0 Å². The summed E-state index contributed by atoms with van der Waals surface area (Å²) < 4.78 is 0. The quantitative estimate of drug-likeness (QED) is 0.766. The minimum absolute atomic E-state index is 0.0364. The molecule has 6 nitrogen and oxygen atoms in total. The fraction of sp³-hybridized carbons (Fsp3) is 0.812. The molecule has 0 aliphatic carbocycles. The van der Waals surface area contributed by atoms with Crippen molar-refractivity contribution in [2.24, 2.45) is 5.92 Å². The Morgan fingerprint density at radius 1 is 1.00 bits per heavy atom. The third-order valence-corrected chi connectivity index (χ3v) is 4.83. The van der Waals surface area contributed by atoms with Crippen LogP contribution < -0.4 is 0 Å². The van der Waals surface area contributed by atoms with Crippen molar-refractivity contribution in [3.63, 3.8) is 0 Å². The zero-order valence-electron chi connectivity index (χ0n) is 13.5. The molecule has 0 N–H and O–H groups in total. The van der Waals surface area contributed by atoms with Crippen molar-refractivity contribution in [3.05, 3.63) is 0 Å². The predicted molar refractivity (Wildman–Crippen MR) is 82.8 cm³/mol. The molecule has 2 rings (SSSR count). The summed E-state index contributed by atoms with van der Waals surface area (Å²) >= 11 is 0. The van der Waals surface area contributed by atoms with Crippen LogP contribution in [-0.2, 0) is 9.59 Å². The molecule has 0 spiro atoms. The number of amides is 2. The van der Waals surface area contributed by atoms with Gasteiger partial charge in [0.2, 0.25) is 11.8 Å². The van der Waals surface area contributed by atoms with Crippen LogP contribution in [0.25, 0.3) is 0 Å². The highest BCUT2D eigenvalue weighted by Crippen LogP contribution is 2.22. The van der Waals surface area contributed by atoms with Gasteiger partial charge in [-0.15, -0.1) is 0 Å². The van der Waals surface area contributed by atoms with Crippen molar-refractivity contribution in [2.45, 2.75) is 32.6 Å². The fourth-order valence-electron chi connectivity index (χ4n) is 3.26. The molecule has 2 fully saturated rings. The summed E-state index contributed by atoms with van der Waals surface area (Å²) in [5.41, 5.74) is 0. The number of piperidine rings is 1. The van der Waals surface area contributed by atoms with Crippen LogP contribution >= 0.6 is 0 Å². The van der Waals surface area contributed by atoms with Gasteiger partial charge in [0.15, 0.2) is 0 Å². The Morgan fingerprint density at radius 2 is 1.59 bits per heavy atom. The second kappa shape index (κ2) is 8.14. The van der Waals surface area contributed by atoms with Crippen LogP contribution in [0.4, 0.5) is 0 Å². The molecule has 6 heteroatoms. The number of carbonyl (C=O) groups excluding carboxylic acids is 2. The number of likely N-dealkylation sites (tertiary alicyclic amines) is 1. The number of hydrogen-bond acceptors (Lipinski definition) is 4. The third-order valence-electron chi connectivity index (χ3n) is 4.83. The van der Waals surface area contributed by atoms with Crippen molar-refractivity contribution in [1.82, 2.24) is 14.7 Å². The highest BCUT2D eigenvalue weighted by atomic mass is 16.2. The minimum atomic E-state index is -0.0806. The first-order valence-corrected chi connectivity index (χ1v) is 8.29. The lowest BCUT2D eigenvalue weighted by Crippen LogP contribution is -2.49. The summed E-state index contributed by atoms with van der Waals surface area (Å²) in [6, 6.07) is 1.90. The SMILES string of the molecule is CCN1CCN(C(=O)CC2CCN(C(=O)CC#N)CC2)CC1. The van der Waals surface area contributed by atoms with E-state index in [0.717, 1.165) is 45.6 Å². The van der Waals surface area contributed by atoms with E-state index in [1.807, 2.05) is 11.0 Å². The second-order valence-electron chi connectivity index (χ2n) is 6.18. The molecule has 0 aromatic rings. The predicted octanol–water partition coefficient (Wildman–Crippen LogP) is 0.693. The largest absolute Gasteiger partial charge is 0.342 e. The van der Waals surface area contributed by atoms with Gasteiger partial charge in [-0.1, -0.05) is 6.92 Å². The van der Waals surface area contributed by atoms with Gasteiger partial charge in [0.05, 0.1) is 6.07 Å². The molecule has 0 atom stereocenters. The van der Waals surface area contributed by atoms with Crippen molar-refractivity contribution < 1.29 is 9.59 Å². The van der Waals surface area contributed by atoms with Crippen LogP contribution in [0.1, 0.15) is 32.6 Å². The summed E-state index contributed by atoms with van der Waals surface area (Å²) in [6.07, 6.45) is 2.31. The summed E-state index contributed by atoms with van der Waals surface area (Å²) in [5.74, 6) is 0.559. The van der Waals surface area contributed by atoms with E-state index in [2.05, 4.69) is 11.8 Å². The zero-order chi connectivity index (χ0) is 15.9. The Hall–Kier alpha value is -1.61. The summed E-state index contributed by atoms with van der Waals surface area (Å²) in [7, 11) is 0. The molecule has 122 valence electrons. The van der Waals surface area contributed by atoms with E-state index in [4.69, 9.17) is 5.26 Å². The number of carbonyl (C=O) groups is 2. The molecule has 22 heavy (non-hydrogen) atoms. The average Bonchev–Trinajstić information content (AvgIpc) is 2.55. The Kier molecular flexibility index (Phi) is 6.20. The van der Waals surface area contributed by atoms with E-state index in [-0.39, 0.29) is 18.2 Å². The highest BCUT2D eigenvalue weighted by Gasteiger charge is 2.27. The molecule has 2 aliphatic rings. The van der Waals surface area contributed by atoms with Gasteiger partial charge in [-0.25, -0.2) is 0 Å². The van der Waals surface area contributed by atoms with Crippen LogP contribution in [-0.4, -0.2) is 72.3 Å². The first kappa shape index (κ1) is 16.8. The second-order valence-corrected chi connectivity index (χ2v) is 6.18. The number of likely N-dealkylation sites (N-methyl/N-ethyl adjacent to an activating group) is 1. The highest BCUT2D eigenvalue weighted by molar-refractivity contribution is 5.78. The van der Waals surface area contributed by atoms with Gasteiger partial charge in [0.25, 0.3) is 0 Å². The number of nitrogens with zero attached hydrogens (tertiary/aromatic N) is 4. The number of rotatable bonds is 4. The van der Waals surface area contributed by atoms with Gasteiger partial charge in [-0.2, -0.15) is 5.26 Å². The van der Waals surface area contributed by atoms with E-state index >= 15 is 0 Å². The third kappa shape index (κ3) is 4.44. The molecule has 2 aliphatic heterocycles. The van der Waals surface area contributed by atoms with Gasteiger partial charge in [-0.05, 0) is 25.3 Å². The van der Waals surface area contributed by atoms with E-state index < -0.39 is 0 Å². The molecule has 0 saturated carbocycles. The summed E-state index contributed by atoms with van der Waals surface area (Å²) in [4.78, 5) is 30.1. The van der Waals surface area contributed by atoms with Crippen molar-refractivity contribution in [1.29, 1.82) is 5.26 Å². The zero-order valence-corrected chi connectivity index (χ0v) is 13.5. The maximum atomic E-state index is 12.4. The molecule has 0 aromatic heterocycles. The van der Waals surface area contributed by atoms with Crippen LogP contribution in [0.15, 0.2) is 0 Å². The van der Waals surface area contributed by atoms with E-state index in [0.29, 0.717) is 25.4 Å². The minimum Gasteiger partial charge on any atom is -0.342 e. The number of hydrogen-bond donors (Lipinski definition) is 0. The van der Waals surface area contributed by atoms with E-state index in [9.17, 15) is 9.59 Å². The normalized spacial score (nSPS) is 20.7. The smallest absolute Gasteiger partial charge is 0.236 e. The lowest BCUT2D eigenvalue weighted by molar-refractivity contribution is -0.135. The number of piperazine rings is 1. The topological polar surface area (TPSA) is 67.7 Å². The van der Waals surface area contributed by atoms with Crippen molar-refractivity contribution in [2.75, 3.05) is 45.8 Å². The molecule has 0 radical (unpaired) electrons. The van der Waals surface area contributed by atoms with Crippen molar-refractivity contribution >= 4 is 11.8 Å². The van der Waals surface area contributed by atoms with Gasteiger partial charge in [0, 0.05) is 45.7 Å². The van der Waals surface area contributed by atoms with Crippen LogP contribution in [0.5, 0.6) is 0 Å². The van der Waals surface area contributed by atoms with Crippen molar-refractivity contribution in [3.8, 4) is 6.07 Å². The van der Waals surface area contributed by atoms with E-state index in [1.54, 1.807) is 4.90 Å². The summed E-state index contributed by atoms with van der Waals surface area (Å²) in [6.45, 7) is 8.20. The maximum absolute atomic E-state index is 12.4. The standard InChI is InChI=1S/C16H26N4O2/c1-2-18-9-11-20(12-10-18)16(22)13-14-4-7-19(8-5-14)15(21)3-6-17/h14H,2-5,7-13H2,1H3. The molecular formula is C16H26N4O2. The molecule has 0 unspecified atom stereocenters. The Balaban J connectivity index is 1.71. The van der Waals surface area contributed by atoms with Crippen LogP contribution in [0.3, 0.4) is 0 Å². The first-order valence-electron chi connectivity index (χ1n) is 8.29. The fourth-order valence-corrected chi connectivity index (χ4v) is 3.26. The van der Waals surface area contributed by atoms with E-state index in [1.165, 1.54) is 0 Å². The number of nitriles is 1. The van der Waals surface area contributed by atoms with Gasteiger partial charge in [0.1, 0.15) is 6.42 Å². The molecule has 2 saturated heterocycles. The lowest BCUT2D eigenvalue weighted by atomic mass is 9.92. The Bertz CT molecular complexity index is 430. The van der Waals surface area contributed by atoms with Gasteiger partial charge >= 0.3 is 0 Å². The first-order chi connectivity index (χ1) is 10.6. The monoisotopic (exact) mass is 306 g/mol. The molecule has 0 aromatic carbocycles.